The first-order chi connectivity index (χ1) is 6.83. The van der Waals surface area contributed by atoms with E-state index in [1.54, 1.807) is 0 Å². The quantitative estimate of drug-likeness (QED) is 0.786. The molecule has 0 saturated carbocycles. The fourth-order valence-corrected chi connectivity index (χ4v) is 1.56. The lowest BCUT2D eigenvalue weighted by molar-refractivity contribution is 0.937. The molecule has 4 heteroatoms. The zero-order valence-electron chi connectivity index (χ0n) is 8.00. The molecule has 1 heterocycles. The summed E-state index contributed by atoms with van der Waals surface area (Å²) >= 11 is 5.60. The maximum Gasteiger partial charge on any atom is 0.203 e. The van der Waals surface area contributed by atoms with Crippen molar-refractivity contribution in [1.82, 2.24) is 9.55 Å². The van der Waals surface area contributed by atoms with E-state index in [9.17, 15) is 0 Å². The summed E-state index contributed by atoms with van der Waals surface area (Å²) < 4.78 is 2.03. The van der Waals surface area contributed by atoms with Crippen molar-refractivity contribution in [2.75, 3.05) is 17.7 Å². The van der Waals surface area contributed by atoms with Crippen LogP contribution < -0.4 is 5.32 Å². The number of nitrogens with one attached hydrogen (secondary N) is 1. The van der Waals surface area contributed by atoms with Crippen molar-refractivity contribution in [3.63, 3.8) is 0 Å². The predicted octanol–water partition coefficient (Wildman–Crippen LogP) is 2.22. The smallest absolute Gasteiger partial charge is 0.203 e. The van der Waals surface area contributed by atoms with Gasteiger partial charge in [0.05, 0.1) is 11.0 Å². The first-order valence-electron chi connectivity index (χ1n) is 4.54. The maximum atomic E-state index is 5.60. The van der Waals surface area contributed by atoms with Gasteiger partial charge >= 0.3 is 0 Å². The van der Waals surface area contributed by atoms with Gasteiger partial charge in [-0.15, -0.1) is 11.6 Å². The second kappa shape index (κ2) is 3.88. The number of fused-ring (bicyclic) bond motifs is 1. The molecule has 3 nitrogen and oxygen atoms in total. The number of hydrogen-bond donors (Lipinski definition) is 1. The normalized spacial score (nSPS) is 10.7. The van der Waals surface area contributed by atoms with Gasteiger partial charge in [0.2, 0.25) is 5.95 Å². The number of rotatable bonds is 3. The minimum Gasteiger partial charge on any atom is -0.354 e. The summed E-state index contributed by atoms with van der Waals surface area (Å²) in [5.41, 5.74) is 2.14. The number of aryl methyl sites for hydroxylation is 1. The molecule has 2 aromatic rings. The van der Waals surface area contributed by atoms with Gasteiger partial charge in [-0.25, -0.2) is 4.98 Å². The van der Waals surface area contributed by atoms with Crippen LogP contribution in [0.15, 0.2) is 24.3 Å². The molecule has 0 aliphatic heterocycles. The summed E-state index contributed by atoms with van der Waals surface area (Å²) in [6.45, 7) is 0.735. The zero-order chi connectivity index (χ0) is 9.97. The third-order valence-corrected chi connectivity index (χ3v) is 2.35. The van der Waals surface area contributed by atoms with Crippen molar-refractivity contribution in [3.8, 4) is 0 Å². The Hall–Kier alpha value is -1.22. The van der Waals surface area contributed by atoms with Crippen molar-refractivity contribution < 1.29 is 0 Å². The highest BCUT2D eigenvalue weighted by Gasteiger charge is 2.04. The molecule has 0 atom stereocenters. The van der Waals surface area contributed by atoms with Crippen molar-refractivity contribution in [1.29, 1.82) is 0 Å². The number of para-hydroxylation sites is 2. The number of hydrogen-bond acceptors (Lipinski definition) is 2. The number of imidazole rings is 1. The number of benzene rings is 1. The standard InChI is InChI=1S/C10H12ClN3/c1-14-9-5-3-2-4-8(9)13-10(14)12-7-6-11/h2-5H,6-7H2,1H3,(H,12,13). The first kappa shape index (κ1) is 9.34. The molecule has 0 fully saturated rings. The summed E-state index contributed by atoms with van der Waals surface area (Å²) in [4.78, 5) is 4.44. The van der Waals surface area contributed by atoms with Crippen molar-refractivity contribution in [3.05, 3.63) is 24.3 Å². The lowest BCUT2D eigenvalue weighted by atomic mass is 10.3. The molecule has 1 N–H and O–H groups in total. The van der Waals surface area contributed by atoms with Crippen LogP contribution in [0.5, 0.6) is 0 Å². The second-order valence-electron chi connectivity index (χ2n) is 3.10. The zero-order valence-corrected chi connectivity index (χ0v) is 8.75. The molecule has 0 aliphatic carbocycles. The highest BCUT2D eigenvalue weighted by molar-refractivity contribution is 6.18. The lowest BCUT2D eigenvalue weighted by Gasteiger charge is -2.02. The highest BCUT2D eigenvalue weighted by atomic mass is 35.5. The molecule has 2 rings (SSSR count). The van der Waals surface area contributed by atoms with E-state index in [4.69, 9.17) is 11.6 Å². The fourth-order valence-electron chi connectivity index (χ4n) is 1.46. The van der Waals surface area contributed by atoms with Crippen LogP contribution in [0.3, 0.4) is 0 Å². The molecule has 0 aliphatic rings. The average Bonchev–Trinajstić information content (AvgIpc) is 2.54. The van der Waals surface area contributed by atoms with Crippen LogP contribution >= 0.6 is 11.6 Å². The van der Waals surface area contributed by atoms with Gasteiger partial charge in [-0.3, -0.25) is 0 Å². The van der Waals surface area contributed by atoms with Crippen LogP contribution in [-0.2, 0) is 7.05 Å². The molecule has 14 heavy (non-hydrogen) atoms. The van der Waals surface area contributed by atoms with E-state index in [1.807, 2.05) is 35.9 Å². The highest BCUT2D eigenvalue weighted by Crippen LogP contribution is 2.16. The number of anilines is 1. The Kier molecular flexibility index (Phi) is 2.59. The third-order valence-electron chi connectivity index (χ3n) is 2.16. The molecule has 0 saturated heterocycles. The van der Waals surface area contributed by atoms with Gasteiger partial charge in [0, 0.05) is 19.5 Å². The summed E-state index contributed by atoms with van der Waals surface area (Å²) in [6.07, 6.45) is 0. The van der Waals surface area contributed by atoms with Gasteiger partial charge in [0.25, 0.3) is 0 Å². The van der Waals surface area contributed by atoms with Crippen LogP contribution in [-0.4, -0.2) is 22.0 Å². The van der Waals surface area contributed by atoms with E-state index in [2.05, 4.69) is 10.3 Å². The maximum absolute atomic E-state index is 5.60. The number of alkyl halides is 1. The molecule has 0 radical (unpaired) electrons. The van der Waals surface area contributed by atoms with E-state index < -0.39 is 0 Å². The monoisotopic (exact) mass is 209 g/mol. The largest absolute Gasteiger partial charge is 0.354 e. The summed E-state index contributed by atoms with van der Waals surface area (Å²) in [5, 5.41) is 3.17. The van der Waals surface area contributed by atoms with Gasteiger partial charge in [-0.1, -0.05) is 12.1 Å². The number of halogens is 1. The van der Waals surface area contributed by atoms with E-state index in [0.29, 0.717) is 5.88 Å². The lowest BCUT2D eigenvalue weighted by Crippen LogP contribution is -2.07. The minimum absolute atomic E-state index is 0.587. The Morgan fingerprint density at radius 3 is 2.93 bits per heavy atom. The van der Waals surface area contributed by atoms with Crippen molar-refractivity contribution in [2.45, 2.75) is 0 Å². The Balaban J connectivity index is 2.41. The number of nitrogens with zero attached hydrogens (tertiary/aromatic N) is 2. The van der Waals surface area contributed by atoms with Crippen LogP contribution in [0, 0.1) is 0 Å². The van der Waals surface area contributed by atoms with E-state index in [1.165, 1.54) is 0 Å². The Labute approximate surface area is 87.7 Å². The molecule has 0 amide bonds. The molecule has 74 valence electrons. The molecule has 0 bridgehead atoms. The summed E-state index contributed by atoms with van der Waals surface area (Å²) in [7, 11) is 1.99. The second-order valence-corrected chi connectivity index (χ2v) is 3.48. The van der Waals surface area contributed by atoms with Gasteiger partial charge < -0.3 is 9.88 Å². The average molecular weight is 210 g/mol. The summed E-state index contributed by atoms with van der Waals surface area (Å²) in [5.74, 6) is 1.45. The van der Waals surface area contributed by atoms with Crippen LogP contribution in [0.4, 0.5) is 5.95 Å². The molecule has 1 aromatic heterocycles. The molecule has 0 unspecified atom stereocenters. The van der Waals surface area contributed by atoms with E-state index in [-0.39, 0.29) is 0 Å². The molecular formula is C10H12ClN3. The first-order valence-corrected chi connectivity index (χ1v) is 5.07. The Morgan fingerprint density at radius 1 is 1.43 bits per heavy atom. The topological polar surface area (TPSA) is 29.9 Å². The summed E-state index contributed by atoms with van der Waals surface area (Å²) in [6, 6.07) is 8.05. The minimum atomic E-state index is 0.587. The van der Waals surface area contributed by atoms with Crippen LogP contribution in [0.2, 0.25) is 0 Å². The predicted molar refractivity (Wildman–Crippen MR) is 59.9 cm³/mol. The van der Waals surface area contributed by atoms with E-state index >= 15 is 0 Å². The molecule has 1 aromatic carbocycles. The van der Waals surface area contributed by atoms with Crippen LogP contribution in [0.25, 0.3) is 11.0 Å². The number of aromatic nitrogens is 2. The van der Waals surface area contributed by atoms with Gasteiger partial charge in [0.1, 0.15) is 0 Å². The van der Waals surface area contributed by atoms with E-state index in [0.717, 1.165) is 23.5 Å². The molecule has 0 spiro atoms. The molecular weight excluding hydrogens is 198 g/mol. The van der Waals surface area contributed by atoms with Crippen LogP contribution in [0.1, 0.15) is 0 Å². The van der Waals surface area contributed by atoms with Gasteiger partial charge in [-0.2, -0.15) is 0 Å². The van der Waals surface area contributed by atoms with Crippen molar-refractivity contribution >= 4 is 28.6 Å². The third kappa shape index (κ3) is 1.55. The van der Waals surface area contributed by atoms with Crippen molar-refractivity contribution in [2.24, 2.45) is 7.05 Å². The fraction of sp³-hybridized carbons (Fsp3) is 0.300. The SMILES string of the molecule is Cn1c(NCCCl)nc2ccccc21. The van der Waals surface area contributed by atoms with Gasteiger partial charge in [-0.05, 0) is 12.1 Å². The van der Waals surface area contributed by atoms with Gasteiger partial charge in [0.15, 0.2) is 0 Å². The Morgan fingerprint density at radius 2 is 2.21 bits per heavy atom. The Bertz CT molecular complexity index is 436.